The standard InChI is InChI=1S/C13H28N2O/c1-5-7-9-12(6-2)13(16)14-10-8-11-15(3)4/h12H,5-11H2,1-4H3,(H,14,16). The number of nitrogens with one attached hydrogen (secondary N) is 1. The van der Waals surface area contributed by atoms with Crippen LogP contribution in [0.1, 0.15) is 46.0 Å². The number of hydrogen-bond donors (Lipinski definition) is 1. The summed E-state index contributed by atoms with van der Waals surface area (Å²) in [6, 6.07) is 0. The van der Waals surface area contributed by atoms with Crippen molar-refractivity contribution >= 4 is 5.91 Å². The van der Waals surface area contributed by atoms with Gasteiger partial charge in [-0.25, -0.2) is 0 Å². The molecule has 0 rings (SSSR count). The smallest absolute Gasteiger partial charge is 0.223 e. The lowest BCUT2D eigenvalue weighted by Crippen LogP contribution is -2.32. The minimum absolute atomic E-state index is 0.222. The Morgan fingerprint density at radius 1 is 1.25 bits per heavy atom. The maximum atomic E-state index is 11.8. The van der Waals surface area contributed by atoms with Crippen molar-refractivity contribution in [2.45, 2.75) is 46.0 Å². The van der Waals surface area contributed by atoms with E-state index in [-0.39, 0.29) is 11.8 Å². The SMILES string of the molecule is CCCCC(CC)C(=O)NCCCN(C)C. The fraction of sp³-hybridized carbons (Fsp3) is 0.923. The highest BCUT2D eigenvalue weighted by atomic mass is 16.1. The molecule has 0 fully saturated rings. The van der Waals surface area contributed by atoms with Gasteiger partial charge in [0.1, 0.15) is 0 Å². The first-order chi connectivity index (χ1) is 7.61. The van der Waals surface area contributed by atoms with Crippen molar-refractivity contribution in [2.75, 3.05) is 27.2 Å². The van der Waals surface area contributed by atoms with Crippen LogP contribution in [0.2, 0.25) is 0 Å². The molecule has 1 unspecified atom stereocenters. The number of rotatable bonds is 9. The van der Waals surface area contributed by atoms with Crippen LogP contribution < -0.4 is 5.32 Å². The molecule has 0 saturated heterocycles. The lowest BCUT2D eigenvalue weighted by atomic mass is 9.98. The normalized spacial score (nSPS) is 12.8. The van der Waals surface area contributed by atoms with E-state index in [4.69, 9.17) is 0 Å². The largest absolute Gasteiger partial charge is 0.356 e. The number of amides is 1. The number of hydrogen-bond acceptors (Lipinski definition) is 2. The topological polar surface area (TPSA) is 32.3 Å². The van der Waals surface area contributed by atoms with Gasteiger partial charge in [-0.15, -0.1) is 0 Å². The minimum atomic E-state index is 0.222. The van der Waals surface area contributed by atoms with Crippen LogP contribution in [0.4, 0.5) is 0 Å². The van der Waals surface area contributed by atoms with Crippen molar-refractivity contribution in [2.24, 2.45) is 5.92 Å². The number of carbonyl (C=O) groups excluding carboxylic acids is 1. The molecule has 1 N–H and O–H groups in total. The summed E-state index contributed by atoms with van der Waals surface area (Å²) in [6.07, 6.45) is 5.35. The van der Waals surface area contributed by atoms with Gasteiger partial charge in [0.25, 0.3) is 0 Å². The molecule has 0 saturated carbocycles. The fourth-order valence-corrected chi connectivity index (χ4v) is 1.72. The van der Waals surface area contributed by atoms with Crippen molar-refractivity contribution in [3.8, 4) is 0 Å². The maximum Gasteiger partial charge on any atom is 0.223 e. The molecular formula is C13H28N2O. The molecule has 0 spiro atoms. The van der Waals surface area contributed by atoms with E-state index < -0.39 is 0 Å². The maximum absolute atomic E-state index is 11.8. The zero-order chi connectivity index (χ0) is 12.4. The molecule has 0 aliphatic heterocycles. The third-order valence-corrected chi connectivity index (χ3v) is 2.85. The summed E-state index contributed by atoms with van der Waals surface area (Å²) in [5, 5.41) is 3.03. The molecule has 3 heteroatoms. The highest BCUT2D eigenvalue weighted by Gasteiger charge is 2.14. The van der Waals surface area contributed by atoms with Crippen LogP contribution in [0.3, 0.4) is 0 Å². The average Bonchev–Trinajstić information content (AvgIpc) is 2.25. The molecular weight excluding hydrogens is 200 g/mol. The molecule has 3 nitrogen and oxygen atoms in total. The van der Waals surface area contributed by atoms with E-state index in [1.54, 1.807) is 0 Å². The van der Waals surface area contributed by atoms with Gasteiger partial charge in [0.2, 0.25) is 5.91 Å². The second kappa shape index (κ2) is 9.64. The Kier molecular flexibility index (Phi) is 9.30. The zero-order valence-electron chi connectivity index (χ0n) is 11.4. The molecule has 1 atom stereocenters. The van der Waals surface area contributed by atoms with E-state index in [1.807, 2.05) is 0 Å². The number of nitrogens with zero attached hydrogens (tertiary/aromatic N) is 1. The first kappa shape index (κ1) is 15.4. The van der Waals surface area contributed by atoms with Gasteiger partial charge in [0.15, 0.2) is 0 Å². The first-order valence-electron chi connectivity index (χ1n) is 6.54. The summed E-state index contributed by atoms with van der Waals surface area (Å²) in [4.78, 5) is 13.9. The molecule has 1 amide bonds. The van der Waals surface area contributed by atoms with Gasteiger partial charge >= 0.3 is 0 Å². The highest BCUT2D eigenvalue weighted by molar-refractivity contribution is 5.78. The predicted octanol–water partition coefficient (Wildman–Crippen LogP) is 2.27. The van der Waals surface area contributed by atoms with Crippen molar-refractivity contribution in [3.05, 3.63) is 0 Å². The fourth-order valence-electron chi connectivity index (χ4n) is 1.72. The van der Waals surface area contributed by atoms with Gasteiger partial charge in [-0.2, -0.15) is 0 Å². The summed E-state index contributed by atoms with van der Waals surface area (Å²) in [6.45, 7) is 6.10. The molecule has 0 aromatic rings. The second-order valence-electron chi connectivity index (χ2n) is 4.70. The average molecular weight is 228 g/mol. The van der Waals surface area contributed by atoms with E-state index in [0.717, 1.165) is 38.8 Å². The van der Waals surface area contributed by atoms with Crippen LogP contribution in [-0.2, 0) is 4.79 Å². The van der Waals surface area contributed by atoms with Gasteiger partial charge in [-0.05, 0) is 39.9 Å². The van der Waals surface area contributed by atoms with Crippen LogP contribution >= 0.6 is 0 Å². The number of unbranched alkanes of at least 4 members (excludes halogenated alkanes) is 1. The minimum Gasteiger partial charge on any atom is -0.356 e. The molecule has 0 heterocycles. The lowest BCUT2D eigenvalue weighted by molar-refractivity contribution is -0.125. The Morgan fingerprint density at radius 2 is 1.94 bits per heavy atom. The summed E-state index contributed by atoms with van der Waals surface area (Å²) in [5.41, 5.74) is 0. The summed E-state index contributed by atoms with van der Waals surface area (Å²) >= 11 is 0. The van der Waals surface area contributed by atoms with Crippen molar-refractivity contribution in [1.82, 2.24) is 10.2 Å². The molecule has 0 aromatic heterocycles. The van der Waals surface area contributed by atoms with Crippen molar-refractivity contribution in [1.29, 1.82) is 0 Å². The summed E-state index contributed by atoms with van der Waals surface area (Å²) in [7, 11) is 4.11. The summed E-state index contributed by atoms with van der Waals surface area (Å²) < 4.78 is 0. The van der Waals surface area contributed by atoms with E-state index >= 15 is 0 Å². The van der Waals surface area contributed by atoms with E-state index in [2.05, 4.69) is 38.2 Å². The highest BCUT2D eigenvalue weighted by Crippen LogP contribution is 2.12. The zero-order valence-corrected chi connectivity index (χ0v) is 11.4. The van der Waals surface area contributed by atoms with E-state index in [1.165, 1.54) is 6.42 Å². The van der Waals surface area contributed by atoms with Crippen LogP contribution in [-0.4, -0.2) is 38.0 Å². The first-order valence-corrected chi connectivity index (χ1v) is 6.54. The second-order valence-corrected chi connectivity index (χ2v) is 4.70. The van der Waals surface area contributed by atoms with Gasteiger partial charge in [-0.1, -0.05) is 26.7 Å². The van der Waals surface area contributed by atoms with Crippen molar-refractivity contribution in [3.63, 3.8) is 0 Å². The molecule has 0 aliphatic rings. The van der Waals surface area contributed by atoms with E-state index in [0.29, 0.717) is 0 Å². The molecule has 0 bridgehead atoms. The third-order valence-electron chi connectivity index (χ3n) is 2.85. The Labute approximate surface area is 101 Å². The Bertz CT molecular complexity index is 181. The van der Waals surface area contributed by atoms with Gasteiger partial charge in [0.05, 0.1) is 0 Å². The molecule has 0 aromatic carbocycles. The van der Waals surface area contributed by atoms with Gasteiger partial charge in [0, 0.05) is 12.5 Å². The summed E-state index contributed by atoms with van der Waals surface area (Å²) in [5.74, 6) is 0.467. The molecule has 16 heavy (non-hydrogen) atoms. The monoisotopic (exact) mass is 228 g/mol. The van der Waals surface area contributed by atoms with Gasteiger partial charge in [-0.3, -0.25) is 4.79 Å². The van der Waals surface area contributed by atoms with Crippen LogP contribution in [0.5, 0.6) is 0 Å². The number of carbonyl (C=O) groups is 1. The third kappa shape index (κ3) is 7.69. The Hall–Kier alpha value is -0.570. The van der Waals surface area contributed by atoms with E-state index in [9.17, 15) is 4.79 Å². The quantitative estimate of drug-likeness (QED) is 0.614. The van der Waals surface area contributed by atoms with Gasteiger partial charge < -0.3 is 10.2 Å². The van der Waals surface area contributed by atoms with Crippen molar-refractivity contribution < 1.29 is 4.79 Å². The Balaban J connectivity index is 3.66. The predicted molar refractivity (Wildman–Crippen MR) is 69.5 cm³/mol. The Morgan fingerprint density at radius 3 is 2.44 bits per heavy atom. The molecule has 0 aliphatic carbocycles. The van der Waals surface area contributed by atoms with Crippen LogP contribution in [0.25, 0.3) is 0 Å². The van der Waals surface area contributed by atoms with Crippen LogP contribution in [0, 0.1) is 5.92 Å². The molecule has 0 radical (unpaired) electrons. The van der Waals surface area contributed by atoms with Crippen LogP contribution in [0.15, 0.2) is 0 Å². The lowest BCUT2D eigenvalue weighted by Gasteiger charge is -2.15. The molecule has 96 valence electrons.